The molecule has 2 aliphatic rings. The molecule has 1 aromatic rings. The number of carbonyl (C=O) groups is 1. The van der Waals surface area contributed by atoms with Gasteiger partial charge in [-0.25, -0.2) is 8.42 Å². The molecule has 0 unspecified atom stereocenters. The van der Waals surface area contributed by atoms with Gasteiger partial charge in [0.15, 0.2) is 0 Å². The molecule has 1 N–H and O–H groups in total. The van der Waals surface area contributed by atoms with Gasteiger partial charge in [0.25, 0.3) is 5.91 Å². The summed E-state index contributed by atoms with van der Waals surface area (Å²) in [5, 5.41) is 8.98. The topological polar surface area (TPSA) is 77.9 Å². The maximum absolute atomic E-state index is 12.4. The highest BCUT2D eigenvalue weighted by molar-refractivity contribution is 7.89. The molecular weight excluding hydrogens is 304 g/mol. The van der Waals surface area contributed by atoms with Gasteiger partial charge in [0.2, 0.25) is 10.0 Å². The minimum absolute atomic E-state index is 0.0940. The fourth-order valence-electron chi connectivity index (χ4n) is 2.88. The second kappa shape index (κ2) is 5.98. The Morgan fingerprint density at radius 1 is 1.14 bits per heavy atom. The summed E-state index contributed by atoms with van der Waals surface area (Å²) in [4.78, 5) is 14.1. The lowest BCUT2D eigenvalue weighted by molar-refractivity contribution is 0.0362. The van der Waals surface area contributed by atoms with Crippen molar-refractivity contribution in [2.45, 2.75) is 17.7 Å². The molecular formula is C15H20N2O4S. The molecule has 1 aromatic carbocycles. The van der Waals surface area contributed by atoms with Gasteiger partial charge in [-0.05, 0) is 37.1 Å². The summed E-state index contributed by atoms with van der Waals surface area (Å²) in [5.41, 5.74) is 0.483. The van der Waals surface area contributed by atoms with Crippen molar-refractivity contribution >= 4 is 15.9 Å². The van der Waals surface area contributed by atoms with Crippen molar-refractivity contribution in [1.82, 2.24) is 9.21 Å². The smallest absolute Gasteiger partial charge is 0.253 e. The minimum atomic E-state index is -3.43. The standard InChI is InChI=1S/C15H20N2O4S/c18-11-12-9-16(10-12)15(19)13-3-5-14(6-4-13)22(20,21)17-7-1-2-8-17/h3-6,12,18H,1-2,7-11H2. The van der Waals surface area contributed by atoms with Crippen LogP contribution in [0.2, 0.25) is 0 Å². The van der Waals surface area contributed by atoms with E-state index in [-0.39, 0.29) is 23.3 Å². The highest BCUT2D eigenvalue weighted by Crippen LogP contribution is 2.23. The molecule has 120 valence electrons. The van der Waals surface area contributed by atoms with Crippen molar-refractivity contribution < 1.29 is 18.3 Å². The van der Waals surface area contributed by atoms with Crippen LogP contribution in [-0.2, 0) is 10.0 Å². The van der Waals surface area contributed by atoms with E-state index in [9.17, 15) is 13.2 Å². The number of nitrogens with zero attached hydrogens (tertiary/aromatic N) is 2. The van der Waals surface area contributed by atoms with E-state index in [0.29, 0.717) is 31.7 Å². The Morgan fingerprint density at radius 3 is 2.27 bits per heavy atom. The third kappa shape index (κ3) is 2.76. The lowest BCUT2D eigenvalue weighted by Gasteiger charge is -2.38. The normalized spacial score (nSPS) is 20.1. The highest BCUT2D eigenvalue weighted by Gasteiger charge is 2.31. The molecule has 2 aliphatic heterocycles. The van der Waals surface area contributed by atoms with Crippen molar-refractivity contribution in [2.75, 3.05) is 32.8 Å². The Morgan fingerprint density at radius 2 is 1.73 bits per heavy atom. The van der Waals surface area contributed by atoms with Gasteiger partial charge in [-0.1, -0.05) is 0 Å². The molecule has 3 rings (SSSR count). The van der Waals surface area contributed by atoms with Crippen LogP contribution >= 0.6 is 0 Å². The number of amides is 1. The summed E-state index contributed by atoms with van der Waals surface area (Å²) >= 11 is 0. The zero-order chi connectivity index (χ0) is 15.7. The van der Waals surface area contributed by atoms with E-state index < -0.39 is 10.0 Å². The van der Waals surface area contributed by atoms with E-state index in [0.717, 1.165) is 12.8 Å². The van der Waals surface area contributed by atoms with Gasteiger partial charge < -0.3 is 10.0 Å². The molecule has 7 heteroatoms. The Balaban J connectivity index is 1.71. The average molecular weight is 324 g/mol. The van der Waals surface area contributed by atoms with Crippen LogP contribution in [0.1, 0.15) is 23.2 Å². The maximum Gasteiger partial charge on any atom is 0.253 e. The fourth-order valence-corrected chi connectivity index (χ4v) is 4.40. The van der Waals surface area contributed by atoms with E-state index in [1.54, 1.807) is 17.0 Å². The summed E-state index contributed by atoms with van der Waals surface area (Å²) in [6.07, 6.45) is 1.80. The molecule has 2 heterocycles. The molecule has 2 saturated heterocycles. The number of rotatable bonds is 4. The Kier molecular flexibility index (Phi) is 4.20. The van der Waals surface area contributed by atoms with E-state index >= 15 is 0 Å². The van der Waals surface area contributed by atoms with Crippen molar-refractivity contribution in [3.8, 4) is 0 Å². The summed E-state index contributed by atoms with van der Waals surface area (Å²) in [6.45, 7) is 2.35. The van der Waals surface area contributed by atoms with E-state index in [1.165, 1.54) is 16.4 Å². The number of hydrogen-bond acceptors (Lipinski definition) is 4. The number of hydrogen-bond donors (Lipinski definition) is 1. The molecule has 0 radical (unpaired) electrons. The van der Waals surface area contributed by atoms with Crippen molar-refractivity contribution in [1.29, 1.82) is 0 Å². The van der Waals surface area contributed by atoms with Crippen LogP contribution in [0.5, 0.6) is 0 Å². The van der Waals surface area contributed by atoms with Crippen LogP contribution in [0.25, 0.3) is 0 Å². The molecule has 0 atom stereocenters. The number of benzene rings is 1. The van der Waals surface area contributed by atoms with Crippen LogP contribution in [0.3, 0.4) is 0 Å². The SMILES string of the molecule is O=C(c1ccc(S(=O)(=O)N2CCCC2)cc1)N1CC(CO)C1. The first-order valence-electron chi connectivity index (χ1n) is 7.53. The zero-order valence-corrected chi connectivity index (χ0v) is 13.1. The van der Waals surface area contributed by atoms with E-state index in [2.05, 4.69) is 0 Å². The molecule has 0 bridgehead atoms. The second-order valence-corrected chi connectivity index (χ2v) is 7.83. The monoisotopic (exact) mass is 324 g/mol. The minimum Gasteiger partial charge on any atom is -0.396 e. The summed E-state index contributed by atoms with van der Waals surface area (Å²) in [6, 6.07) is 6.14. The number of sulfonamides is 1. The first-order chi connectivity index (χ1) is 10.5. The predicted molar refractivity (Wildman–Crippen MR) is 80.9 cm³/mol. The summed E-state index contributed by atoms with van der Waals surface area (Å²) in [7, 11) is -3.43. The second-order valence-electron chi connectivity index (χ2n) is 5.89. The fraction of sp³-hybridized carbons (Fsp3) is 0.533. The van der Waals surface area contributed by atoms with E-state index in [1.807, 2.05) is 0 Å². The van der Waals surface area contributed by atoms with Crippen molar-refractivity contribution in [2.24, 2.45) is 5.92 Å². The van der Waals surface area contributed by atoms with Gasteiger partial charge in [-0.15, -0.1) is 0 Å². The number of carbonyl (C=O) groups excluding carboxylic acids is 1. The van der Waals surface area contributed by atoms with Gasteiger partial charge >= 0.3 is 0 Å². The first kappa shape index (κ1) is 15.5. The third-order valence-corrected chi connectivity index (χ3v) is 6.22. The zero-order valence-electron chi connectivity index (χ0n) is 12.3. The van der Waals surface area contributed by atoms with Crippen molar-refractivity contribution in [3.05, 3.63) is 29.8 Å². The lowest BCUT2D eigenvalue weighted by Crippen LogP contribution is -2.51. The number of aliphatic hydroxyl groups is 1. The molecule has 2 fully saturated rings. The third-order valence-electron chi connectivity index (χ3n) is 4.31. The van der Waals surface area contributed by atoms with Crippen LogP contribution in [0, 0.1) is 5.92 Å². The molecule has 22 heavy (non-hydrogen) atoms. The summed E-state index contributed by atoms with van der Waals surface area (Å²) < 4.78 is 26.3. The molecule has 1 amide bonds. The molecule has 0 spiro atoms. The molecule has 0 aliphatic carbocycles. The Hall–Kier alpha value is -1.44. The Bertz CT molecular complexity index is 645. The highest BCUT2D eigenvalue weighted by atomic mass is 32.2. The largest absolute Gasteiger partial charge is 0.396 e. The first-order valence-corrected chi connectivity index (χ1v) is 8.97. The molecule has 0 saturated carbocycles. The lowest BCUT2D eigenvalue weighted by atomic mass is 10.00. The van der Waals surface area contributed by atoms with Crippen LogP contribution < -0.4 is 0 Å². The van der Waals surface area contributed by atoms with Gasteiger partial charge in [0, 0.05) is 44.3 Å². The van der Waals surface area contributed by atoms with Gasteiger partial charge in [0.05, 0.1) is 4.90 Å². The van der Waals surface area contributed by atoms with E-state index in [4.69, 9.17) is 5.11 Å². The van der Waals surface area contributed by atoms with Gasteiger partial charge in [0.1, 0.15) is 0 Å². The predicted octanol–water partition coefficient (Wildman–Crippen LogP) is 0.535. The molecule has 0 aromatic heterocycles. The number of likely N-dealkylation sites (tertiary alicyclic amines) is 1. The summed E-state index contributed by atoms with van der Waals surface area (Å²) in [5.74, 6) is 0.0496. The average Bonchev–Trinajstić information content (AvgIpc) is 3.01. The van der Waals surface area contributed by atoms with Crippen molar-refractivity contribution in [3.63, 3.8) is 0 Å². The van der Waals surface area contributed by atoms with Gasteiger partial charge in [-0.3, -0.25) is 4.79 Å². The quantitative estimate of drug-likeness (QED) is 0.877. The van der Waals surface area contributed by atoms with Crippen LogP contribution in [-0.4, -0.2) is 61.4 Å². The number of aliphatic hydroxyl groups excluding tert-OH is 1. The van der Waals surface area contributed by atoms with Crippen LogP contribution in [0.15, 0.2) is 29.2 Å². The van der Waals surface area contributed by atoms with Crippen LogP contribution in [0.4, 0.5) is 0 Å². The maximum atomic E-state index is 12.4. The van der Waals surface area contributed by atoms with Gasteiger partial charge in [-0.2, -0.15) is 4.31 Å². The molecule has 6 nitrogen and oxygen atoms in total. The Labute approximate surface area is 130 Å².